The van der Waals surface area contributed by atoms with Gasteiger partial charge in [0.15, 0.2) is 0 Å². The molecule has 1 amide bonds. The molecule has 0 aliphatic carbocycles. The monoisotopic (exact) mass is 378 g/mol. The highest BCUT2D eigenvalue weighted by atomic mass is 32.1. The molecule has 1 aliphatic heterocycles. The number of aryl methyl sites for hydroxylation is 1. The fourth-order valence-corrected chi connectivity index (χ4v) is 4.36. The van der Waals surface area contributed by atoms with Gasteiger partial charge in [-0.05, 0) is 38.1 Å². The number of hydrogen-bond acceptors (Lipinski definition) is 4. The summed E-state index contributed by atoms with van der Waals surface area (Å²) in [7, 11) is 0. The molecule has 2 aromatic carbocycles. The van der Waals surface area contributed by atoms with E-state index in [-0.39, 0.29) is 5.91 Å². The van der Waals surface area contributed by atoms with Gasteiger partial charge in [-0.1, -0.05) is 29.8 Å². The minimum atomic E-state index is 0.0639. The zero-order chi connectivity index (χ0) is 18.8. The summed E-state index contributed by atoms with van der Waals surface area (Å²) in [6.07, 6.45) is 0.806. The Labute approximate surface area is 163 Å². The van der Waals surface area contributed by atoms with Crippen LogP contribution in [0, 0.1) is 6.92 Å². The van der Waals surface area contributed by atoms with Crippen LogP contribution in [0.5, 0.6) is 5.75 Å². The minimum Gasteiger partial charge on any atom is -0.494 e. The van der Waals surface area contributed by atoms with Crippen molar-refractivity contribution in [3.05, 3.63) is 70.2 Å². The summed E-state index contributed by atoms with van der Waals surface area (Å²) in [4.78, 5) is 20.8. The Morgan fingerprint density at radius 1 is 1.15 bits per heavy atom. The average Bonchev–Trinajstić information content (AvgIpc) is 3.12. The molecule has 0 bridgehead atoms. The van der Waals surface area contributed by atoms with Crippen molar-refractivity contribution in [2.75, 3.05) is 13.2 Å². The third-order valence-corrected chi connectivity index (χ3v) is 5.86. The molecule has 0 spiro atoms. The lowest BCUT2D eigenvalue weighted by Gasteiger charge is -2.26. The Bertz CT molecular complexity index is 945. The first-order chi connectivity index (χ1) is 13.1. The molecule has 3 aromatic rings. The molecule has 0 fully saturated rings. The van der Waals surface area contributed by atoms with Crippen LogP contribution in [0.1, 0.15) is 33.4 Å². The number of amides is 1. The smallest absolute Gasteiger partial charge is 0.254 e. The molecule has 27 heavy (non-hydrogen) atoms. The molecule has 0 N–H and O–H groups in total. The first-order valence-corrected chi connectivity index (χ1v) is 10.0. The van der Waals surface area contributed by atoms with Gasteiger partial charge in [-0.25, -0.2) is 4.98 Å². The molecule has 0 atom stereocenters. The topological polar surface area (TPSA) is 42.4 Å². The van der Waals surface area contributed by atoms with Crippen molar-refractivity contribution in [2.24, 2.45) is 0 Å². The van der Waals surface area contributed by atoms with Crippen LogP contribution in [0.2, 0.25) is 0 Å². The van der Waals surface area contributed by atoms with Gasteiger partial charge >= 0.3 is 0 Å². The molecule has 0 saturated carbocycles. The summed E-state index contributed by atoms with van der Waals surface area (Å²) in [6.45, 7) is 5.99. The second-order valence-electron chi connectivity index (χ2n) is 6.69. The molecule has 4 rings (SSSR count). The number of carbonyl (C=O) groups excluding carboxylic acids is 1. The van der Waals surface area contributed by atoms with Crippen molar-refractivity contribution in [3.63, 3.8) is 0 Å². The molecule has 1 aliphatic rings. The maximum atomic E-state index is 12.9. The van der Waals surface area contributed by atoms with Gasteiger partial charge in [0.05, 0.1) is 18.8 Å². The summed E-state index contributed by atoms with van der Waals surface area (Å²) >= 11 is 1.69. The van der Waals surface area contributed by atoms with E-state index >= 15 is 0 Å². The maximum absolute atomic E-state index is 12.9. The van der Waals surface area contributed by atoms with E-state index in [1.54, 1.807) is 11.3 Å². The zero-order valence-corrected chi connectivity index (χ0v) is 16.4. The number of rotatable bonds is 4. The lowest BCUT2D eigenvalue weighted by atomic mass is 10.1. The number of hydrogen-bond donors (Lipinski definition) is 0. The Morgan fingerprint density at radius 3 is 2.59 bits per heavy atom. The van der Waals surface area contributed by atoms with Crippen molar-refractivity contribution in [3.8, 4) is 16.3 Å². The first kappa shape index (κ1) is 17.7. The molecular formula is C22H22N2O2S. The Balaban J connectivity index is 1.50. The SMILES string of the molecule is CCOc1ccc(C(=O)N2CCc3nc(-c4ccc(C)cc4)sc3C2)cc1. The van der Waals surface area contributed by atoms with Crippen molar-refractivity contribution in [2.45, 2.75) is 26.8 Å². The Morgan fingerprint density at radius 2 is 1.89 bits per heavy atom. The first-order valence-electron chi connectivity index (χ1n) is 9.22. The molecule has 0 unspecified atom stereocenters. The number of fused-ring (bicyclic) bond motifs is 1. The molecular weight excluding hydrogens is 356 g/mol. The highest BCUT2D eigenvalue weighted by Gasteiger charge is 2.25. The van der Waals surface area contributed by atoms with E-state index in [4.69, 9.17) is 9.72 Å². The third-order valence-electron chi connectivity index (χ3n) is 4.73. The minimum absolute atomic E-state index is 0.0639. The predicted molar refractivity (Wildman–Crippen MR) is 108 cm³/mol. The lowest BCUT2D eigenvalue weighted by molar-refractivity contribution is 0.0736. The largest absolute Gasteiger partial charge is 0.494 e. The van der Waals surface area contributed by atoms with E-state index < -0.39 is 0 Å². The summed E-state index contributed by atoms with van der Waals surface area (Å²) < 4.78 is 5.45. The zero-order valence-electron chi connectivity index (χ0n) is 15.6. The molecule has 138 valence electrons. The highest BCUT2D eigenvalue weighted by Crippen LogP contribution is 2.32. The van der Waals surface area contributed by atoms with Gasteiger partial charge in [-0.2, -0.15) is 0 Å². The van der Waals surface area contributed by atoms with Crippen LogP contribution in [0.25, 0.3) is 10.6 Å². The number of ether oxygens (including phenoxy) is 1. The summed E-state index contributed by atoms with van der Waals surface area (Å²) in [5, 5.41) is 1.04. The van der Waals surface area contributed by atoms with Crippen molar-refractivity contribution in [1.29, 1.82) is 0 Å². The summed E-state index contributed by atoms with van der Waals surface area (Å²) in [6, 6.07) is 15.8. The molecule has 2 heterocycles. The fraction of sp³-hybridized carbons (Fsp3) is 0.273. The van der Waals surface area contributed by atoms with Crippen LogP contribution in [-0.2, 0) is 13.0 Å². The molecule has 0 radical (unpaired) electrons. The van der Waals surface area contributed by atoms with E-state index in [1.807, 2.05) is 36.1 Å². The van der Waals surface area contributed by atoms with Gasteiger partial charge in [-0.15, -0.1) is 11.3 Å². The molecule has 0 saturated heterocycles. The van der Waals surface area contributed by atoms with Crippen LogP contribution < -0.4 is 4.74 Å². The number of carbonyl (C=O) groups is 1. The van der Waals surface area contributed by atoms with E-state index in [1.165, 1.54) is 10.4 Å². The second kappa shape index (κ2) is 7.53. The van der Waals surface area contributed by atoms with E-state index in [0.29, 0.717) is 25.3 Å². The van der Waals surface area contributed by atoms with E-state index in [0.717, 1.165) is 28.4 Å². The molecule has 1 aromatic heterocycles. The number of aromatic nitrogens is 1. The van der Waals surface area contributed by atoms with Crippen molar-refractivity contribution in [1.82, 2.24) is 9.88 Å². The van der Waals surface area contributed by atoms with Gasteiger partial charge in [0, 0.05) is 29.0 Å². The third kappa shape index (κ3) is 3.74. The number of thiazole rings is 1. The Kier molecular flexibility index (Phi) is 4.94. The van der Waals surface area contributed by atoms with Gasteiger partial charge in [0.2, 0.25) is 0 Å². The summed E-state index contributed by atoms with van der Waals surface area (Å²) in [5.74, 6) is 0.856. The van der Waals surface area contributed by atoms with E-state index in [2.05, 4.69) is 31.2 Å². The molecule has 5 heteroatoms. The van der Waals surface area contributed by atoms with Crippen molar-refractivity contribution < 1.29 is 9.53 Å². The average molecular weight is 378 g/mol. The second-order valence-corrected chi connectivity index (χ2v) is 7.77. The number of benzene rings is 2. The Hall–Kier alpha value is -2.66. The van der Waals surface area contributed by atoms with Gasteiger partial charge in [-0.3, -0.25) is 4.79 Å². The number of nitrogens with zero attached hydrogens (tertiary/aromatic N) is 2. The predicted octanol–water partition coefficient (Wildman–Crippen LogP) is 4.72. The van der Waals surface area contributed by atoms with Crippen LogP contribution in [0.15, 0.2) is 48.5 Å². The lowest BCUT2D eigenvalue weighted by Crippen LogP contribution is -2.35. The fourth-order valence-electron chi connectivity index (χ4n) is 3.23. The summed E-state index contributed by atoms with van der Waals surface area (Å²) in [5.41, 5.74) is 4.22. The van der Waals surface area contributed by atoms with Crippen molar-refractivity contribution >= 4 is 17.2 Å². The van der Waals surface area contributed by atoms with Crippen LogP contribution in [-0.4, -0.2) is 28.9 Å². The quantitative estimate of drug-likeness (QED) is 0.660. The van der Waals surface area contributed by atoms with Crippen LogP contribution in [0.3, 0.4) is 0 Å². The van der Waals surface area contributed by atoms with Crippen LogP contribution in [0.4, 0.5) is 0 Å². The maximum Gasteiger partial charge on any atom is 0.254 e. The van der Waals surface area contributed by atoms with Gasteiger partial charge < -0.3 is 9.64 Å². The standard InChI is InChI=1S/C22H22N2O2S/c1-3-26-18-10-8-17(9-11-18)22(25)24-13-12-19-20(14-24)27-21(23-19)16-6-4-15(2)5-7-16/h4-11H,3,12-14H2,1-2H3. The highest BCUT2D eigenvalue weighted by molar-refractivity contribution is 7.15. The normalized spacial score (nSPS) is 13.3. The van der Waals surface area contributed by atoms with Gasteiger partial charge in [0.1, 0.15) is 10.8 Å². The molecule has 4 nitrogen and oxygen atoms in total. The van der Waals surface area contributed by atoms with Crippen LogP contribution >= 0.6 is 11.3 Å². The van der Waals surface area contributed by atoms with E-state index in [9.17, 15) is 4.79 Å². The van der Waals surface area contributed by atoms with Gasteiger partial charge in [0.25, 0.3) is 5.91 Å².